The molecule has 1 atom stereocenters. The third-order valence-corrected chi connectivity index (χ3v) is 3.59. The molecule has 1 amide bonds. The molecule has 1 aliphatic rings. The highest BCUT2D eigenvalue weighted by Crippen LogP contribution is 2.21. The summed E-state index contributed by atoms with van der Waals surface area (Å²) in [5, 5.41) is 3.47. The zero-order valence-electron chi connectivity index (χ0n) is 11.3. The Morgan fingerprint density at radius 3 is 2.61 bits per heavy atom. The fourth-order valence-electron chi connectivity index (χ4n) is 2.15. The number of rotatable bonds is 5. The number of anilines is 1. The van der Waals surface area contributed by atoms with E-state index in [4.69, 9.17) is 0 Å². The minimum Gasteiger partial charge on any atom is -0.312 e. The Hall–Kier alpha value is -1.35. The smallest absolute Gasteiger partial charge is 0.227 e. The minimum absolute atomic E-state index is 0.250. The van der Waals surface area contributed by atoms with E-state index in [1.165, 1.54) is 5.56 Å². The Morgan fingerprint density at radius 2 is 2.06 bits per heavy atom. The lowest BCUT2D eigenvalue weighted by molar-refractivity contribution is -0.117. The zero-order valence-corrected chi connectivity index (χ0v) is 11.3. The fourth-order valence-corrected chi connectivity index (χ4v) is 2.15. The molecule has 18 heavy (non-hydrogen) atoms. The van der Waals surface area contributed by atoms with Gasteiger partial charge in [-0.3, -0.25) is 4.79 Å². The molecule has 0 aromatic heterocycles. The molecule has 1 fully saturated rings. The molecule has 98 valence electrons. The summed E-state index contributed by atoms with van der Waals surface area (Å²) < 4.78 is 0. The van der Waals surface area contributed by atoms with Crippen LogP contribution in [0.1, 0.15) is 38.7 Å². The van der Waals surface area contributed by atoms with Crippen molar-refractivity contribution in [2.45, 2.75) is 45.7 Å². The maximum Gasteiger partial charge on any atom is 0.227 e. The lowest BCUT2D eigenvalue weighted by Crippen LogP contribution is -2.25. The molecule has 3 heteroatoms. The van der Waals surface area contributed by atoms with Crippen LogP contribution in [0.4, 0.5) is 5.69 Å². The Balaban J connectivity index is 1.95. The van der Waals surface area contributed by atoms with Crippen molar-refractivity contribution in [2.24, 2.45) is 0 Å². The van der Waals surface area contributed by atoms with Crippen molar-refractivity contribution < 1.29 is 4.79 Å². The highest BCUT2D eigenvalue weighted by Gasteiger charge is 2.21. The monoisotopic (exact) mass is 246 g/mol. The van der Waals surface area contributed by atoms with Gasteiger partial charge in [-0.1, -0.05) is 19.1 Å². The minimum atomic E-state index is 0.250. The predicted octanol–water partition coefficient (Wildman–Crippen LogP) is 2.70. The quantitative estimate of drug-likeness (QED) is 0.866. The molecule has 0 aliphatic carbocycles. The molecule has 0 saturated carbocycles. The van der Waals surface area contributed by atoms with Gasteiger partial charge in [-0.25, -0.2) is 0 Å². The highest BCUT2D eigenvalue weighted by molar-refractivity contribution is 5.95. The number of carbonyl (C=O) groups is 1. The second-order valence-corrected chi connectivity index (χ2v) is 5.01. The molecule has 1 saturated heterocycles. The van der Waals surface area contributed by atoms with Crippen LogP contribution in [0.25, 0.3) is 0 Å². The lowest BCUT2D eigenvalue weighted by atomic mass is 10.1. The van der Waals surface area contributed by atoms with Crippen molar-refractivity contribution in [2.75, 3.05) is 11.4 Å². The molecular formula is C15H22N2O. The van der Waals surface area contributed by atoms with Crippen LogP contribution in [0.2, 0.25) is 0 Å². The van der Waals surface area contributed by atoms with Crippen molar-refractivity contribution in [3.05, 3.63) is 29.8 Å². The Kier molecular flexibility index (Phi) is 4.37. The van der Waals surface area contributed by atoms with E-state index >= 15 is 0 Å². The van der Waals surface area contributed by atoms with Crippen LogP contribution in [0.3, 0.4) is 0 Å². The topological polar surface area (TPSA) is 32.3 Å². The van der Waals surface area contributed by atoms with Gasteiger partial charge in [-0.15, -0.1) is 0 Å². The molecule has 0 radical (unpaired) electrons. The van der Waals surface area contributed by atoms with Crippen molar-refractivity contribution in [1.82, 2.24) is 5.32 Å². The van der Waals surface area contributed by atoms with E-state index in [9.17, 15) is 4.79 Å². The number of amides is 1. The Morgan fingerprint density at radius 1 is 1.33 bits per heavy atom. The zero-order chi connectivity index (χ0) is 13.0. The highest BCUT2D eigenvalue weighted by atomic mass is 16.2. The number of hydrogen-bond acceptors (Lipinski definition) is 2. The summed E-state index contributed by atoms with van der Waals surface area (Å²) in [7, 11) is 0. The molecule has 1 aliphatic heterocycles. The summed E-state index contributed by atoms with van der Waals surface area (Å²) in [5.74, 6) is 0.250. The molecular weight excluding hydrogens is 224 g/mol. The van der Waals surface area contributed by atoms with Gasteiger partial charge >= 0.3 is 0 Å². The van der Waals surface area contributed by atoms with Crippen LogP contribution in [0, 0.1) is 0 Å². The summed E-state index contributed by atoms with van der Waals surface area (Å²) in [6.07, 6.45) is 2.81. The third kappa shape index (κ3) is 3.10. The number of benzene rings is 1. The first-order valence-electron chi connectivity index (χ1n) is 6.83. The normalized spacial score (nSPS) is 17.2. The number of nitrogens with zero attached hydrogens (tertiary/aromatic N) is 1. The van der Waals surface area contributed by atoms with Crippen molar-refractivity contribution in [3.63, 3.8) is 0 Å². The van der Waals surface area contributed by atoms with Gasteiger partial charge in [0.25, 0.3) is 0 Å². The SMILES string of the molecule is CCC(C)NCc1ccc(N2CCCC2=O)cc1. The maximum atomic E-state index is 11.6. The van der Waals surface area contributed by atoms with E-state index < -0.39 is 0 Å². The van der Waals surface area contributed by atoms with E-state index in [1.807, 2.05) is 4.90 Å². The van der Waals surface area contributed by atoms with Gasteiger partial charge in [0, 0.05) is 31.2 Å². The van der Waals surface area contributed by atoms with Crippen molar-refractivity contribution in [3.8, 4) is 0 Å². The number of nitrogens with one attached hydrogen (secondary N) is 1. The lowest BCUT2D eigenvalue weighted by Gasteiger charge is -2.16. The molecule has 1 unspecified atom stereocenters. The Labute approximate surface area is 109 Å². The van der Waals surface area contributed by atoms with Gasteiger partial charge in [-0.05, 0) is 37.5 Å². The van der Waals surface area contributed by atoms with Crippen LogP contribution < -0.4 is 10.2 Å². The van der Waals surface area contributed by atoms with E-state index in [2.05, 4.69) is 43.4 Å². The fraction of sp³-hybridized carbons (Fsp3) is 0.533. The largest absolute Gasteiger partial charge is 0.312 e. The van der Waals surface area contributed by atoms with Crippen molar-refractivity contribution in [1.29, 1.82) is 0 Å². The van der Waals surface area contributed by atoms with Crippen LogP contribution in [-0.4, -0.2) is 18.5 Å². The maximum absolute atomic E-state index is 11.6. The summed E-state index contributed by atoms with van der Waals surface area (Å²) in [6.45, 7) is 6.13. The van der Waals surface area contributed by atoms with E-state index in [-0.39, 0.29) is 5.91 Å². The standard InChI is InChI=1S/C15H22N2O/c1-3-12(2)16-11-13-6-8-14(9-7-13)17-10-4-5-15(17)18/h6-9,12,16H,3-5,10-11H2,1-2H3. The first-order valence-corrected chi connectivity index (χ1v) is 6.83. The third-order valence-electron chi connectivity index (χ3n) is 3.59. The second kappa shape index (κ2) is 6.01. The van der Waals surface area contributed by atoms with Gasteiger partial charge in [0.15, 0.2) is 0 Å². The molecule has 0 spiro atoms. The number of carbonyl (C=O) groups excluding carboxylic acids is 1. The first-order chi connectivity index (χ1) is 8.70. The van der Waals surface area contributed by atoms with Gasteiger partial charge in [0.2, 0.25) is 5.91 Å². The van der Waals surface area contributed by atoms with Gasteiger partial charge in [-0.2, -0.15) is 0 Å². The average Bonchev–Trinajstić information content (AvgIpc) is 2.83. The molecule has 1 N–H and O–H groups in total. The van der Waals surface area contributed by atoms with E-state index in [0.717, 1.165) is 31.6 Å². The molecule has 1 heterocycles. The molecule has 1 aromatic rings. The van der Waals surface area contributed by atoms with Crippen LogP contribution in [0.15, 0.2) is 24.3 Å². The van der Waals surface area contributed by atoms with Gasteiger partial charge < -0.3 is 10.2 Å². The first kappa shape index (κ1) is 13.1. The van der Waals surface area contributed by atoms with Gasteiger partial charge in [0.05, 0.1) is 0 Å². The van der Waals surface area contributed by atoms with Crippen molar-refractivity contribution >= 4 is 11.6 Å². The predicted molar refractivity (Wildman–Crippen MR) is 74.6 cm³/mol. The Bertz CT molecular complexity index is 399. The summed E-state index contributed by atoms with van der Waals surface area (Å²) in [5.41, 5.74) is 2.30. The van der Waals surface area contributed by atoms with Crippen LogP contribution in [0.5, 0.6) is 0 Å². The number of hydrogen-bond donors (Lipinski definition) is 1. The molecule has 1 aromatic carbocycles. The summed E-state index contributed by atoms with van der Waals surface area (Å²) in [4.78, 5) is 13.5. The summed E-state index contributed by atoms with van der Waals surface area (Å²) >= 11 is 0. The van der Waals surface area contributed by atoms with Crippen LogP contribution >= 0.6 is 0 Å². The van der Waals surface area contributed by atoms with E-state index in [0.29, 0.717) is 12.5 Å². The summed E-state index contributed by atoms with van der Waals surface area (Å²) in [6, 6.07) is 8.87. The molecule has 0 bridgehead atoms. The average molecular weight is 246 g/mol. The van der Waals surface area contributed by atoms with E-state index in [1.54, 1.807) is 0 Å². The molecule has 3 nitrogen and oxygen atoms in total. The van der Waals surface area contributed by atoms with Crippen LogP contribution in [-0.2, 0) is 11.3 Å². The van der Waals surface area contributed by atoms with Gasteiger partial charge in [0.1, 0.15) is 0 Å². The second-order valence-electron chi connectivity index (χ2n) is 5.01. The molecule has 2 rings (SSSR count).